The first-order valence-corrected chi connectivity index (χ1v) is 17.9. The van der Waals surface area contributed by atoms with Gasteiger partial charge >= 0.3 is 0 Å². The van der Waals surface area contributed by atoms with Gasteiger partial charge in [-0.05, 0) is 67.1 Å². The monoisotopic (exact) mass is 738 g/mol. The molecule has 1 heterocycles. The summed E-state index contributed by atoms with van der Waals surface area (Å²) in [4.78, 5) is 45.7. The largest absolute Gasteiger partial charge is 0.493 e. The molecule has 0 aliphatic carbocycles. The van der Waals surface area contributed by atoms with Gasteiger partial charge in [-0.25, -0.2) is 4.98 Å². The average Bonchev–Trinajstić information content (AvgIpc) is 3.64. The second-order valence-electron chi connectivity index (χ2n) is 11.1. The first kappa shape index (κ1) is 37.5. The van der Waals surface area contributed by atoms with Crippen LogP contribution in [0, 0.1) is 0 Å². The van der Waals surface area contributed by atoms with Crippen LogP contribution in [0.4, 0.5) is 10.8 Å². The minimum absolute atomic E-state index is 0.0137. The highest BCUT2D eigenvalue weighted by molar-refractivity contribution is 8.00. The molecule has 0 aliphatic rings. The van der Waals surface area contributed by atoms with Gasteiger partial charge in [-0.1, -0.05) is 43.3 Å². The number of carbonyl (C=O) groups is 3. The number of benzene rings is 4. The molecule has 0 aliphatic heterocycles. The van der Waals surface area contributed by atoms with Crippen LogP contribution in [0.3, 0.4) is 0 Å². The molecule has 1 unspecified atom stereocenters. The predicted molar refractivity (Wildman–Crippen MR) is 206 cm³/mol. The second-order valence-corrected chi connectivity index (χ2v) is 13.2. The summed E-state index contributed by atoms with van der Waals surface area (Å²) in [7, 11) is 6.17. The lowest BCUT2D eigenvalue weighted by Gasteiger charge is -2.16. The number of hydrogen-bond donors (Lipinski definition) is 3. The van der Waals surface area contributed by atoms with E-state index in [1.807, 2.05) is 36.6 Å². The van der Waals surface area contributed by atoms with E-state index in [0.29, 0.717) is 57.1 Å². The lowest BCUT2D eigenvalue weighted by atomic mass is 10.1. The minimum Gasteiger partial charge on any atom is -0.493 e. The summed E-state index contributed by atoms with van der Waals surface area (Å²) in [5.41, 5.74) is 2.90. The zero-order valence-corrected chi connectivity index (χ0v) is 30.9. The van der Waals surface area contributed by atoms with Crippen molar-refractivity contribution in [2.45, 2.75) is 23.5 Å². The first-order valence-electron chi connectivity index (χ1n) is 16.1. The summed E-state index contributed by atoms with van der Waals surface area (Å²) in [5.74, 6) is 0.856. The third kappa shape index (κ3) is 9.30. The normalized spacial score (nSPS) is 11.6. The van der Waals surface area contributed by atoms with Crippen LogP contribution in [-0.4, -0.2) is 56.4 Å². The Balaban J connectivity index is 1.31. The topological polar surface area (TPSA) is 137 Å². The van der Waals surface area contributed by atoms with Gasteiger partial charge in [0.05, 0.1) is 39.4 Å². The third-order valence-electron chi connectivity index (χ3n) is 7.71. The van der Waals surface area contributed by atoms with Crippen LogP contribution in [-0.2, 0) is 9.59 Å². The van der Waals surface area contributed by atoms with Gasteiger partial charge in [-0.3, -0.25) is 14.4 Å². The molecule has 0 saturated carbocycles. The molecule has 0 fully saturated rings. The fourth-order valence-electron chi connectivity index (χ4n) is 5.10. The Hall–Kier alpha value is -5.79. The molecule has 3 amide bonds. The number of nitrogens with one attached hydrogen (secondary N) is 3. The number of thiazole rings is 1. The number of anilines is 2. The van der Waals surface area contributed by atoms with Crippen molar-refractivity contribution in [1.82, 2.24) is 10.3 Å². The molecular formula is C39H38N4O7S2. The van der Waals surface area contributed by atoms with E-state index in [1.54, 1.807) is 80.9 Å². The number of carbonyl (C=O) groups excluding carboxylic acids is 3. The summed E-state index contributed by atoms with van der Waals surface area (Å²) in [5, 5.41) is 10.5. The van der Waals surface area contributed by atoms with E-state index in [1.165, 1.54) is 43.4 Å². The molecule has 5 aromatic rings. The van der Waals surface area contributed by atoms with Crippen LogP contribution in [0.2, 0.25) is 0 Å². The molecule has 0 radical (unpaired) electrons. The Morgan fingerprint density at radius 2 is 1.56 bits per heavy atom. The first-order chi connectivity index (χ1) is 25.3. The van der Waals surface area contributed by atoms with Crippen LogP contribution in [0.5, 0.6) is 23.0 Å². The van der Waals surface area contributed by atoms with E-state index in [9.17, 15) is 14.4 Å². The van der Waals surface area contributed by atoms with E-state index >= 15 is 0 Å². The fourth-order valence-corrected chi connectivity index (χ4v) is 6.84. The molecule has 0 saturated heterocycles. The van der Waals surface area contributed by atoms with E-state index < -0.39 is 17.1 Å². The van der Waals surface area contributed by atoms with Gasteiger partial charge in [0, 0.05) is 32.7 Å². The van der Waals surface area contributed by atoms with Gasteiger partial charge in [-0.2, -0.15) is 0 Å². The van der Waals surface area contributed by atoms with E-state index in [-0.39, 0.29) is 11.6 Å². The SMILES string of the molecule is CCC(Sc1cccc(NC(=O)/C(=C\c2cccc(OC)c2OC)NC(=O)c2ccccc2)c1)C(=O)Nc1nc(-c2ccc(OC)c(OC)c2)cs1. The molecule has 0 spiro atoms. The molecule has 3 N–H and O–H groups in total. The van der Waals surface area contributed by atoms with Gasteiger partial charge in [-0.15, -0.1) is 23.1 Å². The Morgan fingerprint density at radius 3 is 2.27 bits per heavy atom. The zero-order valence-electron chi connectivity index (χ0n) is 29.2. The van der Waals surface area contributed by atoms with E-state index in [4.69, 9.17) is 18.9 Å². The maximum atomic E-state index is 13.8. The highest BCUT2D eigenvalue weighted by Gasteiger charge is 2.21. The highest BCUT2D eigenvalue weighted by atomic mass is 32.2. The van der Waals surface area contributed by atoms with Crippen molar-refractivity contribution in [1.29, 1.82) is 0 Å². The van der Waals surface area contributed by atoms with Crippen LogP contribution >= 0.6 is 23.1 Å². The van der Waals surface area contributed by atoms with E-state index in [0.717, 1.165) is 10.5 Å². The maximum Gasteiger partial charge on any atom is 0.272 e. The molecular weight excluding hydrogens is 701 g/mol. The van der Waals surface area contributed by atoms with Crippen molar-refractivity contribution in [2.24, 2.45) is 0 Å². The summed E-state index contributed by atoms with van der Waals surface area (Å²) in [6, 6.07) is 26.5. The van der Waals surface area contributed by atoms with E-state index in [2.05, 4.69) is 20.9 Å². The molecule has 13 heteroatoms. The molecule has 268 valence electrons. The van der Waals surface area contributed by atoms with Gasteiger partial charge in [0.15, 0.2) is 28.1 Å². The Morgan fingerprint density at radius 1 is 0.808 bits per heavy atom. The summed E-state index contributed by atoms with van der Waals surface area (Å²) < 4.78 is 21.7. The fraction of sp³-hybridized carbons (Fsp3) is 0.179. The number of nitrogens with zero attached hydrogens (tertiary/aromatic N) is 1. The Kier molecular flexibility index (Phi) is 12.9. The second kappa shape index (κ2) is 17.9. The summed E-state index contributed by atoms with van der Waals surface area (Å²) in [6.07, 6.45) is 2.07. The smallest absolute Gasteiger partial charge is 0.272 e. The van der Waals surface area contributed by atoms with Crippen LogP contribution in [0.1, 0.15) is 29.3 Å². The van der Waals surface area contributed by atoms with Gasteiger partial charge in [0.1, 0.15) is 5.70 Å². The predicted octanol–water partition coefficient (Wildman–Crippen LogP) is 7.76. The molecule has 1 aromatic heterocycles. The number of rotatable bonds is 15. The number of aromatic nitrogens is 1. The number of hydrogen-bond acceptors (Lipinski definition) is 10. The Bertz CT molecular complexity index is 2070. The molecule has 4 aromatic carbocycles. The molecule has 1 atom stereocenters. The lowest BCUT2D eigenvalue weighted by molar-refractivity contribution is -0.116. The molecule has 52 heavy (non-hydrogen) atoms. The van der Waals surface area contributed by atoms with Crippen molar-refractivity contribution < 1.29 is 33.3 Å². The lowest BCUT2D eigenvalue weighted by Crippen LogP contribution is -2.30. The zero-order chi connectivity index (χ0) is 37.0. The summed E-state index contributed by atoms with van der Waals surface area (Å²) in [6.45, 7) is 1.93. The average molecular weight is 739 g/mol. The van der Waals surface area contributed by atoms with Crippen LogP contribution < -0.4 is 34.9 Å². The molecule has 5 rings (SSSR count). The highest BCUT2D eigenvalue weighted by Crippen LogP contribution is 2.35. The van der Waals surface area contributed by atoms with Crippen molar-refractivity contribution in [2.75, 3.05) is 39.1 Å². The van der Waals surface area contributed by atoms with Crippen molar-refractivity contribution in [3.05, 3.63) is 113 Å². The number of amides is 3. The van der Waals surface area contributed by atoms with Crippen molar-refractivity contribution in [3.8, 4) is 34.3 Å². The van der Waals surface area contributed by atoms with Gasteiger partial charge in [0.2, 0.25) is 5.91 Å². The van der Waals surface area contributed by atoms with Crippen LogP contribution in [0.25, 0.3) is 17.3 Å². The minimum atomic E-state index is -0.560. The number of ether oxygens (including phenoxy) is 4. The maximum absolute atomic E-state index is 13.8. The van der Waals surface area contributed by atoms with Crippen molar-refractivity contribution in [3.63, 3.8) is 0 Å². The number of para-hydroxylation sites is 1. The van der Waals surface area contributed by atoms with Gasteiger partial charge in [0.25, 0.3) is 11.8 Å². The molecule has 11 nitrogen and oxygen atoms in total. The quantitative estimate of drug-likeness (QED) is 0.0727. The molecule has 0 bridgehead atoms. The van der Waals surface area contributed by atoms with Crippen LogP contribution in [0.15, 0.2) is 107 Å². The Labute approximate surface area is 310 Å². The number of thioether (sulfide) groups is 1. The summed E-state index contributed by atoms with van der Waals surface area (Å²) >= 11 is 2.69. The number of methoxy groups -OCH3 is 4. The standard InChI is InChI=1S/C39H38N4O7S2/c1-6-34(38(46)43-39-42-30(23-51-39)25-18-19-31(47-2)33(21-25)49-4)52-28-16-11-15-27(22-28)40-37(45)29(41-36(44)24-12-8-7-9-13-24)20-26-14-10-17-32(48-3)35(26)50-5/h7-23,34H,6H2,1-5H3,(H,40,45)(H,41,44)(H,42,43,46)/b29-20+. The van der Waals surface area contributed by atoms with Crippen molar-refractivity contribution >= 4 is 57.7 Å². The van der Waals surface area contributed by atoms with Gasteiger partial charge < -0.3 is 34.9 Å². The third-order valence-corrected chi connectivity index (χ3v) is 9.82.